The van der Waals surface area contributed by atoms with Crippen molar-refractivity contribution >= 4 is 23.4 Å². The van der Waals surface area contributed by atoms with Gasteiger partial charge in [-0.3, -0.25) is 19.6 Å². The summed E-state index contributed by atoms with van der Waals surface area (Å²) in [6.07, 6.45) is 2.89. The minimum atomic E-state index is -0.486. The van der Waals surface area contributed by atoms with Crippen molar-refractivity contribution in [3.8, 4) is 0 Å². The molecule has 1 atom stereocenters. The van der Waals surface area contributed by atoms with Gasteiger partial charge in [0.25, 0.3) is 0 Å². The van der Waals surface area contributed by atoms with Gasteiger partial charge in [-0.2, -0.15) is 16.9 Å². The fourth-order valence-electron chi connectivity index (χ4n) is 2.24. The molecule has 1 aromatic rings. The van der Waals surface area contributed by atoms with E-state index in [-0.39, 0.29) is 11.6 Å². The third-order valence-electron chi connectivity index (χ3n) is 3.57. The van der Waals surface area contributed by atoms with E-state index in [1.54, 1.807) is 0 Å². The van der Waals surface area contributed by atoms with Gasteiger partial charge in [-0.05, 0) is 5.92 Å². The van der Waals surface area contributed by atoms with Crippen LogP contribution in [0.5, 0.6) is 0 Å². The van der Waals surface area contributed by atoms with Crippen LogP contribution in [0.1, 0.15) is 20.3 Å². The van der Waals surface area contributed by atoms with Crippen molar-refractivity contribution in [1.82, 2.24) is 14.7 Å². The van der Waals surface area contributed by atoms with Gasteiger partial charge in [0.15, 0.2) is 0 Å². The van der Waals surface area contributed by atoms with Gasteiger partial charge in [-0.15, -0.1) is 0 Å². The lowest BCUT2D eigenvalue weighted by atomic mass is 10.1. The summed E-state index contributed by atoms with van der Waals surface area (Å²) >= 11 is 1.93. The van der Waals surface area contributed by atoms with E-state index in [0.717, 1.165) is 18.8 Å². The molecule has 0 unspecified atom stereocenters. The summed E-state index contributed by atoms with van der Waals surface area (Å²) in [5, 5.41) is 15.0. The minimum absolute atomic E-state index is 0.0447. The Kier molecular flexibility index (Phi) is 5.22. The Hall–Kier alpha value is -1.57. The fourth-order valence-corrected chi connectivity index (χ4v) is 3.54. The number of amides is 1. The first-order valence-corrected chi connectivity index (χ1v) is 8.08. The largest absolute Gasteiger partial charge is 0.341 e. The maximum Gasteiger partial charge on any atom is 0.306 e. The van der Waals surface area contributed by atoms with Crippen LogP contribution in [0.3, 0.4) is 0 Å². The molecule has 116 valence electrons. The Bertz CT molecular complexity index is 517. The van der Waals surface area contributed by atoms with Gasteiger partial charge in [0.1, 0.15) is 12.4 Å². The van der Waals surface area contributed by atoms with Crippen LogP contribution in [0.4, 0.5) is 5.69 Å². The SMILES string of the molecule is CC(C)[C@H]1CN(C(=O)CCn2cc([N+](=O)[O-])cn2)CCS1. The maximum absolute atomic E-state index is 12.2. The van der Waals surface area contributed by atoms with Crippen LogP contribution in [-0.2, 0) is 11.3 Å². The summed E-state index contributed by atoms with van der Waals surface area (Å²) in [5.41, 5.74) is -0.0447. The molecule has 7 nitrogen and oxygen atoms in total. The van der Waals surface area contributed by atoms with Crippen molar-refractivity contribution in [3.05, 3.63) is 22.5 Å². The molecule has 2 heterocycles. The molecule has 0 bridgehead atoms. The first kappa shape index (κ1) is 15.8. The number of aryl methyl sites for hydroxylation is 1. The monoisotopic (exact) mass is 312 g/mol. The number of hydrogen-bond acceptors (Lipinski definition) is 5. The summed E-state index contributed by atoms with van der Waals surface area (Å²) in [7, 11) is 0. The van der Waals surface area contributed by atoms with E-state index >= 15 is 0 Å². The van der Waals surface area contributed by atoms with E-state index in [1.165, 1.54) is 17.1 Å². The molecule has 1 aliphatic heterocycles. The molecule has 0 saturated carbocycles. The summed E-state index contributed by atoms with van der Waals surface area (Å²) in [4.78, 5) is 24.2. The zero-order valence-corrected chi connectivity index (χ0v) is 13.1. The summed E-state index contributed by atoms with van der Waals surface area (Å²) in [6.45, 7) is 6.30. The molecular formula is C13H20N4O3S. The second-order valence-corrected chi connectivity index (χ2v) is 6.81. The van der Waals surface area contributed by atoms with Crippen molar-refractivity contribution in [2.45, 2.75) is 32.1 Å². The lowest BCUT2D eigenvalue weighted by Gasteiger charge is -2.34. The molecule has 1 fully saturated rings. The molecule has 21 heavy (non-hydrogen) atoms. The highest BCUT2D eigenvalue weighted by Crippen LogP contribution is 2.25. The molecule has 8 heteroatoms. The number of carbonyl (C=O) groups excluding carboxylic acids is 1. The quantitative estimate of drug-likeness (QED) is 0.611. The Labute approximate surface area is 127 Å². The Morgan fingerprint density at radius 2 is 2.38 bits per heavy atom. The zero-order chi connectivity index (χ0) is 15.4. The highest BCUT2D eigenvalue weighted by atomic mass is 32.2. The van der Waals surface area contributed by atoms with Gasteiger partial charge >= 0.3 is 5.69 Å². The molecule has 2 rings (SSSR count). The standard InChI is InChI=1S/C13H20N4O3S/c1-10(2)12-9-15(5-6-21-12)13(18)3-4-16-8-11(7-14-16)17(19)20/h7-8,10,12H,3-6,9H2,1-2H3/t12-/m1/s1. The van der Waals surface area contributed by atoms with Gasteiger partial charge in [-0.1, -0.05) is 13.8 Å². The van der Waals surface area contributed by atoms with Crippen LogP contribution in [-0.4, -0.2) is 49.6 Å². The number of nitro groups is 1. The molecular weight excluding hydrogens is 292 g/mol. The first-order valence-electron chi connectivity index (χ1n) is 7.03. The van der Waals surface area contributed by atoms with Gasteiger partial charge < -0.3 is 4.90 Å². The Balaban J connectivity index is 1.84. The smallest absolute Gasteiger partial charge is 0.306 e. The number of rotatable bonds is 5. The van der Waals surface area contributed by atoms with Crippen molar-refractivity contribution in [2.75, 3.05) is 18.8 Å². The number of hydrogen-bond donors (Lipinski definition) is 0. The van der Waals surface area contributed by atoms with Gasteiger partial charge in [0.2, 0.25) is 5.91 Å². The average molecular weight is 312 g/mol. The minimum Gasteiger partial charge on any atom is -0.341 e. The van der Waals surface area contributed by atoms with E-state index < -0.39 is 4.92 Å². The predicted molar refractivity (Wildman–Crippen MR) is 81.2 cm³/mol. The highest BCUT2D eigenvalue weighted by molar-refractivity contribution is 8.00. The first-order chi connectivity index (χ1) is 9.97. The molecule has 0 radical (unpaired) electrons. The normalized spacial score (nSPS) is 19.0. The van der Waals surface area contributed by atoms with E-state index in [4.69, 9.17) is 0 Å². The summed E-state index contributed by atoms with van der Waals surface area (Å²) in [6, 6.07) is 0. The third-order valence-corrected chi connectivity index (χ3v) is 5.11. The number of thioether (sulfide) groups is 1. The van der Waals surface area contributed by atoms with Crippen molar-refractivity contribution < 1.29 is 9.72 Å². The molecule has 0 aliphatic carbocycles. The fraction of sp³-hybridized carbons (Fsp3) is 0.692. The third kappa shape index (κ3) is 4.20. The summed E-state index contributed by atoms with van der Waals surface area (Å²) in [5.74, 6) is 1.63. The van der Waals surface area contributed by atoms with Gasteiger partial charge in [0, 0.05) is 37.1 Å². The van der Waals surface area contributed by atoms with Crippen LogP contribution < -0.4 is 0 Å². The Morgan fingerprint density at radius 3 is 3.00 bits per heavy atom. The lowest BCUT2D eigenvalue weighted by Crippen LogP contribution is -2.43. The van der Waals surface area contributed by atoms with Crippen LogP contribution >= 0.6 is 11.8 Å². The lowest BCUT2D eigenvalue weighted by molar-refractivity contribution is -0.385. The van der Waals surface area contributed by atoms with Crippen LogP contribution in [0.2, 0.25) is 0 Å². The van der Waals surface area contributed by atoms with Gasteiger partial charge in [0.05, 0.1) is 4.92 Å². The van der Waals surface area contributed by atoms with E-state index in [2.05, 4.69) is 18.9 Å². The predicted octanol–water partition coefficient (Wildman–Crippen LogP) is 1.78. The molecule has 0 aromatic carbocycles. The number of aromatic nitrogens is 2. The van der Waals surface area contributed by atoms with Crippen LogP contribution in [0, 0.1) is 16.0 Å². The van der Waals surface area contributed by atoms with Crippen molar-refractivity contribution in [2.24, 2.45) is 5.92 Å². The topological polar surface area (TPSA) is 81.3 Å². The Morgan fingerprint density at radius 1 is 1.62 bits per heavy atom. The molecule has 1 amide bonds. The highest BCUT2D eigenvalue weighted by Gasteiger charge is 2.25. The second-order valence-electron chi connectivity index (χ2n) is 5.46. The van der Waals surface area contributed by atoms with E-state index in [9.17, 15) is 14.9 Å². The van der Waals surface area contributed by atoms with E-state index in [1.807, 2.05) is 16.7 Å². The molecule has 1 aromatic heterocycles. The molecule has 1 aliphatic rings. The average Bonchev–Trinajstić information content (AvgIpc) is 2.94. The van der Waals surface area contributed by atoms with Crippen molar-refractivity contribution in [1.29, 1.82) is 0 Å². The maximum atomic E-state index is 12.2. The molecule has 1 saturated heterocycles. The number of nitrogens with zero attached hydrogens (tertiary/aromatic N) is 4. The van der Waals surface area contributed by atoms with E-state index in [0.29, 0.717) is 24.1 Å². The molecule has 0 spiro atoms. The number of carbonyl (C=O) groups is 1. The summed E-state index contributed by atoms with van der Waals surface area (Å²) < 4.78 is 1.45. The zero-order valence-electron chi connectivity index (χ0n) is 12.3. The van der Waals surface area contributed by atoms with Crippen LogP contribution in [0.15, 0.2) is 12.4 Å². The van der Waals surface area contributed by atoms with Crippen LogP contribution in [0.25, 0.3) is 0 Å². The van der Waals surface area contributed by atoms with Gasteiger partial charge in [-0.25, -0.2) is 0 Å². The van der Waals surface area contributed by atoms with Crippen molar-refractivity contribution in [3.63, 3.8) is 0 Å². The molecule has 0 N–H and O–H groups in total. The second kappa shape index (κ2) is 6.93.